The summed E-state index contributed by atoms with van der Waals surface area (Å²) in [6.45, 7) is 0. The second-order valence-corrected chi connectivity index (χ2v) is 30.1. The van der Waals surface area contributed by atoms with Gasteiger partial charge in [0.25, 0.3) is 0 Å². The average Bonchev–Trinajstić information content (AvgIpc) is 2.79. The van der Waals surface area contributed by atoms with Crippen molar-refractivity contribution in [1.29, 1.82) is 0 Å². The quantitative estimate of drug-likeness (QED) is 0.0482. The maximum atomic E-state index is 12.8. The average molecular weight is 1280 g/mol. The molecule has 84 heavy (non-hydrogen) atoms. The summed E-state index contributed by atoms with van der Waals surface area (Å²) >= 11 is 0. The highest BCUT2D eigenvalue weighted by molar-refractivity contribution is 7.57. The predicted molar refractivity (Wildman–Crippen MR) is 292 cm³/mol. The van der Waals surface area contributed by atoms with Gasteiger partial charge in [-0.05, 0) is 173 Å². The van der Waals surface area contributed by atoms with Gasteiger partial charge < -0.3 is 87.1 Å². The monoisotopic (exact) mass is 1280 g/mol. The van der Waals surface area contributed by atoms with E-state index in [0.717, 1.165) is 0 Å². The molecule has 0 atom stereocenters. The Morgan fingerprint density at radius 3 is 0.464 bits per heavy atom. The fourth-order valence-corrected chi connectivity index (χ4v) is 15.1. The lowest BCUT2D eigenvalue weighted by Crippen LogP contribution is -2.33. The van der Waals surface area contributed by atoms with Crippen LogP contribution in [0.4, 0.5) is 0 Å². The summed E-state index contributed by atoms with van der Waals surface area (Å²) in [5.41, 5.74) is 2.68. The molecule has 6 aromatic carbocycles. The third kappa shape index (κ3) is 18.5. The molecule has 0 heterocycles. The minimum Gasteiger partial charge on any atom is -0.687 e. The first kappa shape index (κ1) is 67.5. The lowest BCUT2D eigenvalue weighted by atomic mass is 9.88. The zero-order valence-corrected chi connectivity index (χ0v) is 51.5. The van der Waals surface area contributed by atoms with E-state index in [-0.39, 0.29) is 173 Å². The number of hydrogen-bond acceptors (Lipinski definition) is 24. The molecular formula is C54H60O24P6-6. The standard InChI is InChI=1S/C54H66O24P6/c1-73-49-37-7-31(25-79(55,56)57)8-38(49)20-40-10-33(27-81(61,62)63)12-42(51(40)75-3)22-44-14-35(29-83(67,68)69)16-46(53(44)77-5)24-48-18-36(30-84(70,71)72)17-47(54(48)78-6)23-45-15-34(28-82(64,65)66)13-43(52(45)76-4)21-41-11-32(26-80(58,59)60)9-39(19-37)50(41)74-2/h7-18H,19-30H2,1-6H3,(H2,55,56,57)(H2,58,59,60)(H2,61,62,63)(H2,64,65,66)(H2,67,68,69)(H2,70,71,72)/p-6. The molecule has 456 valence electrons. The van der Waals surface area contributed by atoms with Crippen molar-refractivity contribution >= 4 is 47.7 Å². The maximum absolute atomic E-state index is 12.8. The molecule has 1 aliphatic carbocycles. The van der Waals surface area contributed by atoms with E-state index in [1.807, 2.05) is 0 Å². The lowest BCUT2D eigenvalue weighted by molar-refractivity contribution is -0.430. The molecular weight excluding hydrogens is 1220 g/mol. The zero-order valence-electron chi connectivity index (χ0n) is 46.1. The molecule has 12 bridgehead atoms. The highest BCUT2D eigenvalue weighted by Crippen LogP contribution is 2.50. The molecule has 1 aliphatic rings. The molecule has 0 aliphatic heterocycles. The fraction of sp³-hybridized carbons (Fsp3) is 0.333. The number of benzene rings is 6. The van der Waals surface area contributed by atoms with Crippen LogP contribution in [0.3, 0.4) is 0 Å². The van der Waals surface area contributed by atoms with Crippen molar-refractivity contribution in [3.63, 3.8) is 0 Å². The molecule has 0 saturated heterocycles. The van der Waals surface area contributed by atoms with Crippen LogP contribution in [0.1, 0.15) is 100 Å². The molecule has 0 aromatic heterocycles. The van der Waals surface area contributed by atoms with Gasteiger partial charge in [-0.1, -0.05) is 0 Å². The molecule has 0 radical (unpaired) electrons. The van der Waals surface area contributed by atoms with Gasteiger partial charge in [-0.3, -0.25) is 0 Å². The topological polar surface area (TPSA) is 453 Å². The Morgan fingerprint density at radius 2 is 0.369 bits per heavy atom. The summed E-state index contributed by atoms with van der Waals surface area (Å²) in [4.78, 5) is 213. The van der Waals surface area contributed by atoms with Gasteiger partial charge in [0.05, 0.1) is 61.1 Å². The van der Waals surface area contributed by atoms with Gasteiger partial charge in [0, 0.05) is 38.5 Å². The number of hydrogen-bond donors (Lipinski definition) is 6. The number of ether oxygens (including phenoxy) is 6. The number of methoxy groups -OCH3 is 6. The Balaban J connectivity index is 1.64. The van der Waals surface area contributed by atoms with Crippen LogP contribution in [0.5, 0.6) is 34.5 Å². The van der Waals surface area contributed by atoms with Gasteiger partial charge >= 0.3 is 0 Å². The molecule has 0 saturated carbocycles. The summed E-state index contributed by atoms with van der Waals surface area (Å²) in [7, 11) is -22.8. The van der Waals surface area contributed by atoms with E-state index < -0.39 is 84.6 Å². The van der Waals surface area contributed by atoms with Crippen LogP contribution in [-0.4, -0.2) is 72.0 Å². The van der Waals surface area contributed by atoms with Crippen LogP contribution in [0, 0.1) is 0 Å². The Kier molecular flexibility index (Phi) is 21.5. The summed E-state index contributed by atoms with van der Waals surface area (Å²) in [6, 6.07) is 16.9. The van der Waals surface area contributed by atoms with Crippen molar-refractivity contribution < 1.29 is 117 Å². The largest absolute Gasteiger partial charge is 0.687 e. The Labute approximate surface area is 487 Å². The second kappa shape index (κ2) is 26.8. The molecule has 0 spiro atoms. The Hall–Kier alpha value is -4.02. The minimum absolute atomic E-state index is 0.0438. The fourth-order valence-electron chi connectivity index (χ4n) is 11.3. The predicted octanol–water partition coefficient (Wildman–Crippen LogP) is -2.55. The van der Waals surface area contributed by atoms with Gasteiger partial charge in [0.2, 0.25) is 23.8 Å². The molecule has 0 fully saturated rings. The van der Waals surface area contributed by atoms with E-state index in [1.165, 1.54) is 115 Å². The first-order valence-electron chi connectivity index (χ1n) is 25.3. The first-order valence-corrected chi connectivity index (χ1v) is 35.8. The highest BCUT2D eigenvalue weighted by Gasteiger charge is 2.30. The smallest absolute Gasteiger partial charge is 0.234 e. The molecule has 0 amide bonds. The summed E-state index contributed by atoms with van der Waals surface area (Å²) in [6.07, 6.45) is -7.09. The van der Waals surface area contributed by atoms with Gasteiger partial charge in [0.15, 0.2) is 0 Å². The van der Waals surface area contributed by atoms with Crippen LogP contribution in [0.25, 0.3) is 0 Å². The van der Waals surface area contributed by atoms with Gasteiger partial charge in [-0.15, -0.1) is 0 Å². The summed E-state index contributed by atoms with van der Waals surface area (Å²) < 4.78 is 36.3. The van der Waals surface area contributed by atoms with E-state index in [2.05, 4.69) is 0 Å². The third-order valence-corrected chi connectivity index (χ3v) is 18.2. The van der Waals surface area contributed by atoms with Crippen LogP contribution in [0.2, 0.25) is 0 Å². The summed E-state index contributed by atoms with van der Waals surface area (Å²) in [5.74, 6) is 0.568. The molecule has 7 rings (SSSR count). The van der Waals surface area contributed by atoms with Crippen molar-refractivity contribution in [3.05, 3.63) is 173 Å². The van der Waals surface area contributed by atoms with Crippen molar-refractivity contribution in [2.24, 2.45) is 0 Å². The van der Waals surface area contributed by atoms with Crippen molar-refractivity contribution in [3.8, 4) is 34.5 Å². The van der Waals surface area contributed by atoms with Crippen LogP contribution >= 0.6 is 47.7 Å². The van der Waals surface area contributed by atoms with Crippen molar-refractivity contribution in [1.82, 2.24) is 0 Å². The molecule has 30 heteroatoms. The first-order chi connectivity index (χ1) is 39.0. The van der Waals surface area contributed by atoms with Crippen molar-refractivity contribution in [2.75, 3.05) is 42.7 Å². The van der Waals surface area contributed by atoms with Gasteiger partial charge in [-0.2, -0.15) is 23.8 Å². The summed E-state index contributed by atoms with van der Waals surface area (Å²) in [5, 5.41) is 0. The van der Waals surface area contributed by atoms with E-state index in [9.17, 15) is 88.1 Å². The molecule has 6 N–H and O–H groups in total. The van der Waals surface area contributed by atoms with E-state index in [4.69, 9.17) is 28.4 Å². The Morgan fingerprint density at radius 1 is 0.250 bits per heavy atom. The van der Waals surface area contributed by atoms with E-state index in [1.54, 1.807) is 0 Å². The van der Waals surface area contributed by atoms with E-state index >= 15 is 0 Å². The minimum atomic E-state index is -5.35. The lowest BCUT2D eigenvalue weighted by Gasteiger charge is -2.42. The van der Waals surface area contributed by atoms with Crippen LogP contribution < -0.4 is 87.1 Å². The zero-order chi connectivity index (χ0) is 62.1. The second-order valence-electron chi connectivity index (χ2n) is 20.5. The Bertz CT molecular complexity index is 2650. The van der Waals surface area contributed by atoms with Gasteiger partial charge in [-0.25, -0.2) is 29.4 Å². The van der Waals surface area contributed by atoms with Crippen LogP contribution in [-0.2, 0) is 75.5 Å². The highest BCUT2D eigenvalue weighted by atomic mass is 31.2. The number of fused-ring (bicyclic) bond motifs is 12. The SMILES string of the molecule is COc1c2cc(C[P+]([O-])([O-])[O-])cc1Cc1cc(C[P+]([O-])([O-])[O-])cc(c1OC)Cc1cc(C[P+]([O-])(O)O)cc(c1OC)Cc1cc(C[P+]([O-])(O)O)cc(c1OC)Cc1cc(C[P+]([O-])(O)O)cc(c1OC)Cc1cc(C[P+]([O-])([O-])[O-])cc(c1OC)C2. The molecule has 6 aromatic rings. The van der Waals surface area contributed by atoms with Crippen LogP contribution in [0.15, 0.2) is 72.8 Å². The molecule has 24 nitrogen and oxygen atoms in total. The van der Waals surface area contributed by atoms with Gasteiger partial charge in [0.1, 0.15) is 53.0 Å². The molecule has 0 unspecified atom stereocenters. The third-order valence-electron chi connectivity index (χ3n) is 13.6. The van der Waals surface area contributed by atoms with E-state index in [0.29, 0.717) is 0 Å². The van der Waals surface area contributed by atoms with Crippen molar-refractivity contribution in [2.45, 2.75) is 75.5 Å². The number of rotatable bonds is 18. The normalized spacial score (nSPS) is 13.7. The maximum Gasteiger partial charge on any atom is 0.234 e.